The normalized spacial score (nSPS) is 16.4. The summed E-state index contributed by atoms with van der Waals surface area (Å²) in [6.45, 7) is 2.62. The number of aliphatic hydroxyl groups excluding tert-OH is 1. The quantitative estimate of drug-likeness (QED) is 0.249. The Morgan fingerprint density at radius 3 is 2.05 bits per heavy atom. The van der Waals surface area contributed by atoms with Crippen LogP contribution in [0.5, 0.6) is 17.2 Å². The van der Waals surface area contributed by atoms with E-state index < -0.39 is 17.7 Å². The van der Waals surface area contributed by atoms with Crippen LogP contribution in [0.25, 0.3) is 5.76 Å². The van der Waals surface area contributed by atoms with Crippen LogP contribution in [0, 0.1) is 0 Å². The van der Waals surface area contributed by atoms with E-state index in [-0.39, 0.29) is 23.4 Å². The lowest BCUT2D eigenvalue weighted by molar-refractivity contribution is -0.140. The number of methoxy groups -OCH3 is 2. The minimum absolute atomic E-state index is 0.0265. The topological polar surface area (TPSA) is 88.5 Å². The van der Waals surface area contributed by atoms with Crippen molar-refractivity contribution in [2.45, 2.75) is 19.5 Å². The van der Waals surface area contributed by atoms with Crippen LogP contribution in [0.1, 0.15) is 29.7 Å². The molecule has 0 saturated carbocycles. The molecule has 3 aromatic carbocycles. The number of ether oxygens (including phenoxy) is 3. The van der Waals surface area contributed by atoms with Gasteiger partial charge in [0.2, 0.25) is 0 Å². The minimum atomic E-state index is -0.826. The molecule has 1 atom stereocenters. The Balaban J connectivity index is 1.87. The van der Waals surface area contributed by atoms with Crippen LogP contribution in [0.4, 0.5) is 5.69 Å². The van der Waals surface area contributed by atoms with Crippen LogP contribution >= 0.6 is 0 Å². The molecule has 198 valence electrons. The molecule has 1 N–H and O–H groups in total. The molecule has 1 amide bonds. The number of carbonyl (C=O) groups is 2. The van der Waals surface area contributed by atoms with E-state index in [1.165, 1.54) is 19.1 Å². The van der Waals surface area contributed by atoms with Crippen molar-refractivity contribution in [3.8, 4) is 17.2 Å². The summed E-state index contributed by atoms with van der Waals surface area (Å²) in [5.74, 6) is -0.465. The summed E-state index contributed by atoms with van der Waals surface area (Å²) in [7, 11) is 6.79. The number of Topliss-reactive ketones (excluding diaryl/α,β-unsaturated/α-hetero) is 1. The van der Waals surface area contributed by atoms with Crippen molar-refractivity contribution in [1.29, 1.82) is 0 Å². The minimum Gasteiger partial charge on any atom is -0.506 e. The molecule has 0 aliphatic carbocycles. The average Bonchev–Trinajstić information content (AvgIpc) is 3.18. The van der Waals surface area contributed by atoms with E-state index >= 15 is 0 Å². The Labute approximate surface area is 222 Å². The zero-order valence-corrected chi connectivity index (χ0v) is 22.2. The van der Waals surface area contributed by atoms with Crippen LogP contribution in [0.2, 0.25) is 0 Å². The summed E-state index contributed by atoms with van der Waals surface area (Å²) in [5, 5.41) is 11.6. The van der Waals surface area contributed by atoms with Gasteiger partial charge in [-0.05, 0) is 54.4 Å². The Hall–Kier alpha value is -4.46. The molecule has 1 heterocycles. The maximum Gasteiger partial charge on any atom is 0.295 e. The number of anilines is 1. The molecule has 1 saturated heterocycles. The summed E-state index contributed by atoms with van der Waals surface area (Å²) >= 11 is 0. The van der Waals surface area contributed by atoms with Crippen LogP contribution in [0.3, 0.4) is 0 Å². The number of benzene rings is 3. The number of hydrogen-bond acceptors (Lipinski definition) is 7. The molecule has 38 heavy (non-hydrogen) atoms. The highest BCUT2D eigenvalue weighted by Crippen LogP contribution is 2.44. The van der Waals surface area contributed by atoms with Crippen molar-refractivity contribution >= 4 is 23.1 Å². The first-order chi connectivity index (χ1) is 18.3. The van der Waals surface area contributed by atoms with Gasteiger partial charge in [0.15, 0.2) is 0 Å². The average molecular weight is 517 g/mol. The molecule has 1 unspecified atom stereocenters. The van der Waals surface area contributed by atoms with E-state index in [0.29, 0.717) is 23.7 Å². The van der Waals surface area contributed by atoms with Crippen molar-refractivity contribution in [3.63, 3.8) is 0 Å². The first kappa shape index (κ1) is 26.6. The van der Waals surface area contributed by atoms with Crippen molar-refractivity contribution in [2.75, 3.05) is 39.8 Å². The summed E-state index contributed by atoms with van der Waals surface area (Å²) in [4.78, 5) is 30.4. The second-order valence-electron chi connectivity index (χ2n) is 9.03. The number of aliphatic hydroxyl groups is 1. The Morgan fingerprint density at radius 1 is 0.921 bits per heavy atom. The number of likely N-dealkylation sites (tertiary alicyclic amines) is 1. The highest BCUT2D eigenvalue weighted by molar-refractivity contribution is 6.46. The molecule has 0 spiro atoms. The summed E-state index contributed by atoms with van der Waals surface area (Å²) in [6, 6.07) is 19.2. The zero-order valence-electron chi connectivity index (χ0n) is 22.2. The van der Waals surface area contributed by atoms with E-state index in [1.807, 2.05) is 74.4 Å². The summed E-state index contributed by atoms with van der Waals surface area (Å²) in [5.41, 5.74) is 2.66. The molecule has 0 aromatic heterocycles. The smallest absolute Gasteiger partial charge is 0.295 e. The number of rotatable bonds is 9. The zero-order chi connectivity index (χ0) is 27.4. The molecular formula is C30H32N2O6. The van der Waals surface area contributed by atoms with Gasteiger partial charge in [0, 0.05) is 26.3 Å². The van der Waals surface area contributed by atoms with E-state index in [0.717, 1.165) is 17.0 Å². The third-order valence-corrected chi connectivity index (χ3v) is 6.52. The molecule has 1 fully saturated rings. The molecule has 3 aromatic rings. The van der Waals surface area contributed by atoms with Gasteiger partial charge in [0.25, 0.3) is 11.7 Å². The van der Waals surface area contributed by atoms with Gasteiger partial charge >= 0.3 is 0 Å². The number of ketones is 1. The van der Waals surface area contributed by atoms with Crippen LogP contribution in [0.15, 0.2) is 72.3 Å². The molecule has 0 bridgehead atoms. The summed E-state index contributed by atoms with van der Waals surface area (Å²) < 4.78 is 16.5. The van der Waals surface area contributed by atoms with Crippen molar-refractivity contribution in [1.82, 2.24) is 4.90 Å². The Kier molecular flexibility index (Phi) is 7.90. The van der Waals surface area contributed by atoms with Gasteiger partial charge in [-0.1, -0.05) is 30.3 Å². The first-order valence-electron chi connectivity index (χ1n) is 12.3. The fraction of sp³-hybridized carbons (Fsp3) is 0.267. The fourth-order valence-corrected chi connectivity index (χ4v) is 4.62. The standard InChI is InChI=1S/C30H32N2O6/c1-6-38-22-16-10-19(11-17-22)18-32-27(20-12-14-21(15-13-20)31(2)3)26(29(34)30(32)35)28(33)25-23(36-4)8-7-9-24(25)37-5/h7-17,27,33H,6,18H2,1-5H3/b28-26+. The second kappa shape index (κ2) is 11.3. The van der Waals surface area contributed by atoms with E-state index in [9.17, 15) is 14.7 Å². The van der Waals surface area contributed by atoms with E-state index in [2.05, 4.69) is 0 Å². The van der Waals surface area contributed by atoms with Gasteiger partial charge in [0.1, 0.15) is 28.6 Å². The summed E-state index contributed by atoms with van der Waals surface area (Å²) in [6.07, 6.45) is 0. The lowest BCUT2D eigenvalue weighted by atomic mass is 9.94. The monoisotopic (exact) mass is 516 g/mol. The fourth-order valence-electron chi connectivity index (χ4n) is 4.62. The third-order valence-electron chi connectivity index (χ3n) is 6.52. The SMILES string of the molecule is CCOc1ccc(CN2C(=O)C(=O)/C(=C(/O)c3c(OC)cccc3OC)C2c2ccc(N(C)C)cc2)cc1. The van der Waals surface area contributed by atoms with Gasteiger partial charge in [0.05, 0.1) is 32.4 Å². The largest absolute Gasteiger partial charge is 0.506 e. The number of carbonyl (C=O) groups excluding carboxylic acids is 2. The van der Waals surface area contributed by atoms with Crippen molar-refractivity contribution < 1.29 is 28.9 Å². The molecule has 8 heteroatoms. The van der Waals surface area contributed by atoms with Gasteiger partial charge < -0.3 is 29.1 Å². The maximum atomic E-state index is 13.5. The molecule has 1 aliphatic rings. The van der Waals surface area contributed by atoms with E-state index in [4.69, 9.17) is 14.2 Å². The van der Waals surface area contributed by atoms with Gasteiger partial charge in [-0.3, -0.25) is 9.59 Å². The lowest BCUT2D eigenvalue weighted by Gasteiger charge is -2.26. The maximum absolute atomic E-state index is 13.5. The molecule has 8 nitrogen and oxygen atoms in total. The molecule has 0 radical (unpaired) electrons. The number of amides is 1. The van der Waals surface area contributed by atoms with Crippen LogP contribution in [-0.4, -0.2) is 56.6 Å². The van der Waals surface area contributed by atoms with Gasteiger partial charge in [-0.15, -0.1) is 0 Å². The second-order valence-corrected chi connectivity index (χ2v) is 9.03. The molecule has 4 rings (SSSR count). The number of hydrogen-bond donors (Lipinski definition) is 1. The highest BCUT2D eigenvalue weighted by Gasteiger charge is 2.46. The highest BCUT2D eigenvalue weighted by atomic mass is 16.5. The van der Waals surface area contributed by atoms with E-state index in [1.54, 1.807) is 18.2 Å². The lowest BCUT2D eigenvalue weighted by Crippen LogP contribution is -2.29. The first-order valence-corrected chi connectivity index (χ1v) is 12.3. The predicted molar refractivity (Wildman–Crippen MR) is 146 cm³/mol. The van der Waals surface area contributed by atoms with Gasteiger partial charge in [-0.25, -0.2) is 0 Å². The predicted octanol–water partition coefficient (Wildman–Crippen LogP) is 4.79. The Morgan fingerprint density at radius 2 is 1.53 bits per heavy atom. The van der Waals surface area contributed by atoms with Crippen molar-refractivity contribution in [2.24, 2.45) is 0 Å². The number of nitrogens with zero attached hydrogens (tertiary/aromatic N) is 2. The molecular weight excluding hydrogens is 484 g/mol. The third kappa shape index (κ3) is 5.02. The van der Waals surface area contributed by atoms with Crippen LogP contribution in [-0.2, 0) is 16.1 Å². The molecule has 1 aliphatic heterocycles. The van der Waals surface area contributed by atoms with Crippen molar-refractivity contribution in [3.05, 3.63) is 89.0 Å². The van der Waals surface area contributed by atoms with Gasteiger partial charge in [-0.2, -0.15) is 0 Å². The Bertz CT molecular complexity index is 1320. The van der Waals surface area contributed by atoms with Crippen LogP contribution < -0.4 is 19.1 Å².